The molecule has 1 unspecified atom stereocenters. The van der Waals surface area contributed by atoms with Crippen LogP contribution in [0.5, 0.6) is 11.5 Å². The molecular weight excluding hydrogens is 378 g/mol. The molecule has 3 rings (SSSR count). The molecule has 0 bridgehead atoms. The van der Waals surface area contributed by atoms with E-state index in [1.807, 2.05) is 18.2 Å². The minimum atomic E-state index is -3.68. The van der Waals surface area contributed by atoms with Gasteiger partial charge in [0.2, 0.25) is 6.79 Å². The smallest absolute Gasteiger partial charge is 0.231 e. The van der Waals surface area contributed by atoms with E-state index in [1.54, 1.807) is 13.0 Å². The molecule has 0 aromatic heterocycles. The van der Waals surface area contributed by atoms with Crippen LogP contribution >= 0.6 is 0 Å². The van der Waals surface area contributed by atoms with Crippen molar-refractivity contribution < 1.29 is 23.0 Å². The molecule has 0 amide bonds. The summed E-state index contributed by atoms with van der Waals surface area (Å²) in [4.78, 5) is 0.119. The number of sulfone groups is 1. The summed E-state index contributed by atoms with van der Waals surface area (Å²) in [5, 5.41) is 14.0. The Balaban J connectivity index is 1.62. The molecule has 0 spiro atoms. The molecule has 0 radical (unpaired) electrons. The van der Waals surface area contributed by atoms with E-state index < -0.39 is 15.4 Å². The fraction of sp³-hybridized carbons (Fsp3) is 0.429. The van der Waals surface area contributed by atoms with Crippen molar-refractivity contribution in [3.63, 3.8) is 0 Å². The summed E-state index contributed by atoms with van der Waals surface area (Å²) < 4.78 is 36.0. The summed E-state index contributed by atoms with van der Waals surface area (Å²) >= 11 is 0. The zero-order valence-electron chi connectivity index (χ0n) is 16.2. The molecule has 2 N–H and O–H groups in total. The fourth-order valence-electron chi connectivity index (χ4n) is 3.24. The Kier molecular flexibility index (Phi) is 6.27. The molecule has 1 aliphatic heterocycles. The van der Waals surface area contributed by atoms with Crippen LogP contribution in [0.15, 0.2) is 53.4 Å². The predicted octanol–water partition coefficient (Wildman–Crippen LogP) is 2.55. The molecule has 6 nitrogen and oxygen atoms in total. The highest BCUT2D eigenvalue weighted by Crippen LogP contribution is 2.34. The van der Waals surface area contributed by atoms with Crippen molar-refractivity contribution in [3.8, 4) is 11.5 Å². The third-order valence-corrected chi connectivity index (χ3v) is 6.77. The van der Waals surface area contributed by atoms with Crippen LogP contribution < -0.4 is 14.8 Å². The lowest BCUT2D eigenvalue weighted by atomic mass is 10.0. The number of fused-ring (bicyclic) bond motifs is 1. The van der Waals surface area contributed by atoms with Crippen molar-refractivity contribution in [2.45, 2.75) is 43.2 Å². The molecule has 2 atom stereocenters. The van der Waals surface area contributed by atoms with Gasteiger partial charge in [-0.15, -0.1) is 0 Å². The van der Waals surface area contributed by atoms with Gasteiger partial charge in [-0.2, -0.15) is 0 Å². The molecule has 0 fully saturated rings. The largest absolute Gasteiger partial charge is 0.454 e. The second-order valence-electron chi connectivity index (χ2n) is 7.45. The maximum Gasteiger partial charge on any atom is 0.231 e. The van der Waals surface area contributed by atoms with Crippen LogP contribution in [0, 0.1) is 0 Å². The van der Waals surface area contributed by atoms with Crippen molar-refractivity contribution in [2.24, 2.45) is 0 Å². The van der Waals surface area contributed by atoms with Gasteiger partial charge in [-0.1, -0.05) is 37.3 Å². The Morgan fingerprint density at radius 2 is 1.86 bits per heavy atom. The normalized spacial score (nSPS) is 16.5. The van der Waals surface area contributed by atoms with Gasteiger partial charge < -0.3 is 19.9 Å². The SMILES string of the molecule is CCC(Cc1ccccc1)NC[C@@](C)(O)CS(=O)(=O)c1ccc2c(c1)OCO2. The van der Waals surface area contributed by atoms with Gasteiger partial charge in [-0.25, -0.2) is 8.42 Å². The fourth-order valence-corrected chi connectivity index (χ4v) is 4.89. The number of benzene rings is 2. The summed E-state index contributed by atoms with van der Waals surface area (Å²) in [5.41, 5.74) is -0.200. The van der Waals surface area contributed by atoms with Crippen LogP contribution in [-0.2, 0) is 16.3 Å². The zero-order valence-corrected chi connectivity index (χ0v) is 17.0. The third-order valence-electron chi connectivity index (χ3n) is 4.79. The molecular formula is C21H27NO5S. The molecule has 7 heteroatoms. The average Bonchev–Trinajstić information content (AvgIpc) is 3.13. The molecule has 0 aliphatic carbocycles. The Hall–Kier alpha value is -2.09. The first kappa shape index (κ1) is 20.6. The Labute approximate surface area is 166 Å². The predicted molar refractivity (Wildman–Crippen MR) is 107 cm³/mol. The number of rotatable bonds is 9. The number of hydrogen-bond acceptors (Lipinski definition) is 6. The first-order valence-corrected chi connectivity index (χ1v) is 11.1. The van der Waals surface area contributed by atoms with Gasteiger partial charge in [0.25, 0.3) is 0 Å². The number of nitrogens with one attached hydrogen (secondary N) is 1. The van der Waals surface area contributed by atoms with E-state index >= 15 is 0 Å². The van der Waals surface area contributed by atoms with Gasteiger partial charge in [-0.05, 0) is 37.5 Å². The molecule has 28 heavy (non-hydrogen) atoms. The Bertz CT molecular complexity index is 896. The highest BCUT2D eigenvalue weighted by Gasteiger charge is 2.31. The van der Waals surface area contributed by atoms with E-state index in [4.69, 9.17) is 9.47 Å². The molecule has 152 valence electrons. The lowest BCUT2D eigenvalue weighted by Gasteiger charge is -2.27. The maximum absolute atomic E-state index is 12.8. The first-order chi connectivity index (χ1) is 13.3. The third kappa shape index (κ3) is 5.25. The second-order valence-corrected chi connectivity index (χ2v) is 9.44. The van der Waals surface area contributed by atoms with E-state index in [-0.39, 0.29) is 30.0 Å². The van der Waals surface area contributed by atoms with Crippen LogP contribution in [0.25, 0.3) is 0 Å². The topological polar surface area (TPSA) is 84.9 Å². The minimum Gasteiger partial charge on any atom is -0.454 e. The van der Waals surface area contributed by atoms with Crippen molar-refractivity contribution in [3.05, 3.63) is 54.1 Å². The van der Waals surface area contributed by atoms with E-state index in [9.17, 15) is 13.5 Å². The highest BCUT2D eigenvalue weighted by atomic mass is 32.2. The number of hydrogen-bond donors (Lipinski definition) is 2. The van der Waals surface area contributed by atoms with Crippen molar-refractivity contribution in [1.29, 1.82) is 0 Å². The maximum atomic E-state index is 12.8. The van der Waals surface area contributed by atoms with Crippen LogP contribution in [0.2, 0.25) is 0 Å². The molecule has 1 heterocycles. The van der Waals surface area contributed by atoms with Gasteiger partial charge in [0, 0.05) is 18.7 Å². The van der Waals surface area contributed by atoms with Crippen LogP contribution in [0.1, 0.15) is 25.8 Å². The highest BCUT2D eigenvalue weighted by molar-refractivity contribution is 7.91. The van der Waals surface area contributed by atoms with Crippen LogP contribution in [0.3, 0.4) is 0 Å². The monoisotopic (exact) mass is 405 g/mol. The standard InChI is InChI=1S/C21H27NO5S/c1-3-17(11-16-7-5-4-6-8-16)22-13-21(2,23)14-28(24,25)18-9-10-19-20(12-18)27-15-26-19/h4-10,12,17,22-23H,3,11,13-15H2,1-2H3/t17?,21-/m1/s1. The molecule has 0 saturated carbocycles. The average molecular weight is 406 g/mol. The van der Waals surface area contributed by atoms with E-state index in [1.165, 1.54) is 17.7 Å². The van der Waals surface area contributed by atoms with Gasteiger partial charge in [0.05, 0.1) is 16.2 Å². The Morgan fingerprint density at radius 3 is 2.57 bits per heavy atom. The van der Waals surface area contributed by atoms with Gasteiger partial charge in [0.1, 0.15) is 0 Å². The zero-order chi connectivity index (χ0) is 20.2. The van der Waals surface area contributed by atoms with Crippen molar-refractivity contribution in [2.75, 3.05) is 19.1 Å². The number of ether oxygens (including phenoxy) is 2. The molecule has 2 aromatic carbocycles. The quantitative estimate of drug-likeness (QED) is 0.667. The molecule has 0 saturated heterocycles. The van der Waals surface area contributed by atoms with Gasteiger partial charge >= 0.3 is 0 Å². The molecule has 2 aromatic rings. The van der Waals surface area contributed by atoms with Crippen molar-refractivity contribution >= 4 is 9.84 Å². The van der Waals surface area contributed by atoms with Gasteiger partial charge in [-0.3, -0.25) is 0 Å². The summed E-state index contributed by atoms with van der Waals surface area (Å²) in [7, 11) is -3.68. The second kappa shape index (κ2) is 8.51. The van der Waals surface area contributed by atoms with E-state index in [0.29, 0.717) is 11.5 Å². The molecule has 1 aliphatic rings. The lowest BCUT2D eigenvalue weighted by molar-refractivity contribution is 0.0793. The summed E-state index contributed by atoms with van der Waals surface area (Å²) in [6.07, 6.45) is 1.70. The summed E-state index contributed by atoms with van der Waals surface area (Å²) in [6.45, 7) is 3.88. The number of aliphatic hydroxyl groups is 1. The lowest BCUT2D eigenvalue weighted by Crippen LogP contribution is -2.47. The van der Waals surface area contributed by atoms with Crippen LogP contribution in [0.4, 0.5) is 0 Å². The summed E-state index contributed by atoms with van der Waals surface area (Å²) in [6, 6.07) is 14.8. The van der Waals surface area contributed by atoms with Gasteiger partial charge in [0.15, 0.2) is 21.3 Å². The summed E-state index contributed by atoms with van der Waals surface area (Å²) in [5.74, 6) is 0.556. The first-order valence-electron chi connectivity index (χ1n) is 9.41. The minimum absolute atomic E-state index is 0.0836. The van der Waals surface area contributed by atoms with Crippen LogP contribution in [-0.4, -0.2) is 44.3 Å². The Morgan fingerprint density at radius 1 is 1.14 bits per heavy atom. The van der Waals surface area contributed by atoms with Crippen molar-refractivity contribution in [1.82, 2.24) is 5.32 Å². The van der Waals surface area contributed by atoms with E-state index in [2.05, 4.69) is 24.4 Å². The van der Waals surface area contributed by atoms with E-state index in [0.717, 1.165) is 12.8 Å².